The van der Waals surface area contributed by atoms with Gasteiger partial charge in [-0.05, 0) is 32.0 Å². The average molecular weight is 347 g/mol. The molecule has 0 aliphatic carbocycles. The summed E-state index contributed by atoms with van der Waals surface area (Å²) in [6, 6.07) is 17.2. The molecule has 0 spiro atoms. The maximum atomic E-state index is 12.3. The van der Waals surface area contributed by atoms with Gasteiger partial charge in [-0.25, -0.2) is 4.98 Å². The van der Waals surface area contributed by atoms with E-state index in [4.69, 9.17) is 5.26 Å². The molecule has 2 aromatic carbocycles. The van der Waals surface area contributed by atoms with Gasteiger partial charge >= 0.3 is 0 Å². The van der Waals surface area contributed by atoms with Crippen molar-refractivity contribution in [3.8, 4) is 16.6 Å². The number of thiazole rings is 1. The summed E-state index contributed by atoms with van der Waals surface area (Å²) >= 11 is 1.54. The number of carbonyl (C=O) groups is 1. The van der Waals surface area contributed by atoms with Crippen molar-refractivity contribution in [1.29, 1.82) is 5.26 Å². The van der Waals surface area contributed by atoms with Crippen LogP contribution in [0.5, 0.6) is 0 Å². The van der Waals surface area contributed by atoms with Crippen molar-refractivity contribution in [2.45, 2.75) is 20.3 Å². The highest BCUT2D eigenvalue weighted by atomic mass is 32.1. The van der Waals surface area contributed by atoms with Gasteiger partial charge < -0.3 is 5.32 Å². The molecule has 1 aromatic heterocycles. The zero-order chi connectivity index (χ0) is 17.8. The SMILES string of the molecule is Cc1ccc(-c2nc(C)c(CC(=O)Nc3cccc(C#N)c3)s2)cc1. The third-order valence-corrected chi connectivity index (χ3v) is 4.99. The lowest BCUT2D eigenvalue weighted by molar-refractivity contribution is -0.115. The van der Waals surface area contributed by atoms with Gasteiger partial charge in [0.2, 0.25) is 5.91 Å². The van der Waals surface area contributed by atoms with E-state index in [-0.39, 0.29) is 12.3 Å². The Kier molecular flexibility index (Phi) is 4.92. The van der Waals surface area contributed by atoms with Gasteiger partial charge in [-0.3, -0.25) is 4.79 Å². The van der Waals surface area contributed by atoms with Crippen LogP contribution in [0, 0.1) is 25.2 Å². The second kappa shape index (κ2) is 7.29. The van der Waals surface area contributed by atoms with Crippen molar-refractivity contribution < 1.29 is 4.79 Å². The molecule has 0 atom stereocenters. The highest BCUT2D eigenvalue weighted by molar-refractivity contribution is 7.15. The molecule has 1 amide bonds. The van der Waals surface area contributed by atoms with Crippen molar-refractivity contribution in [1.82, 2.24) is 4.98 Å². The summed E-state index contributed by atoms with van der Waals surface area (Å²) in [5.41, 5.74) is 4.29. The van der Waals surface area contributed by atoms with Crippen LogP contribution in [0.15, 0.2) is 48.5 Å². The van der Waals surface area contributed by atoms with E-state index in [1.165, 1.54) is 5.56 Å². The molecule has 4 nitrogen and oxygen atoms in total. The number of rotatable bonds is 4. The number of hydrogen-bond acceptors (Lipinski definition) is 4. The summed E-state index contributed by atoms with van der Waals surface area (Å²) in [5, 5.41) is 12.7. The minimum Gasteiger partial charge on any atom is -0.326 e. The smallest absolute Gasteiger partial charge is 0.229 e. The quantitative estimate of drug-likeness (QED) is 0.757. The van der Waals surface area contributed by atoms with Crippen LogP contribution in [0.3, 0.4) is 0 Å². The number of carbonyl (C=O) groups excluding carboxylic acids is 1. The number of nitrogens with one attached hydrogen (secondary N) is 1. The molecule has 0 saturated heterocycles. The minimum absolute atomic E-state index is 0.114. The molecular weight excluding hydrogens is 330 g/mol. The van der Waals surface area contributed by atoms with Gasteiger partial charge in [0.1, 0.15) is 5.01 Å². The molecule has 0 bridgehead atoms. The first-order chi connectivity index (χ1) is 12.0. The molecule has 124 valence electrons. The Morgan fingerprint density at radius 3 is 2.68 bits per heavy atom. The first-order valence-corrected chi connectivity index (χ1v) is 8.70. The fourth-order valence-electron chi connectivity index (χ4n) is 2.43. The molecule has 0 aliphatic heterocycles. The normalized spacial score (nSPS) is 10.3. The number of aryl methyl sites for hydroxylation is 2. The van der Waals surface area contributed by atoms with E-state index in [1.54, 1.807) is 35.6 Å². The third-order valence-electron chi connectivity index (χ3n) is 3.79. The molecule has 0 unspecified atom stereocenters. The van der Waals surface area contributed by atoms with Crippen molar-refractivity contribution in [3.63, 3.8) is 0 Å². The predicted molar refractivity (Wildman–Crippen MR) is 101 cm³/mol. The summed E-state index contributed by atoms with van der Waals surface area (Å²) in [6.07, 6.45) is 0.270. The standard InChI is InChI=1S/C20H17N3OS/c1-13-6-8-16(9-7-13)20-22-14(2)18(25-20)11-19(24)23-17-5-3-4-15(10-17)12-21/h3-10H,11H2,1-2H3,(H,23,24). The Hall–Kier alpha value is -2.97. The van der Waals surface area contributed by atoms with E-state index in [2.05, 4.69) is 28.5 Å². The monoisotopic (exact) mass is 347 g/mol. The lowest BCUT2D eigenvalue weighted by Gasteiger charge is -2.04. The van der Waals surface area contributed by atoms with Gasteiger partial charge in [0.05, 0.1) is 23.7 Å². The number of anilines is 1. The summed E-state index contributed by atoms with van der Waals surface area (Å²) in [5.74, 6) is -0.114. The Morgan fingerprint density at radius 1 is 1.20 bits per heavy atom. The van der Waals surface area contributed by atoms with Crippen LogP contribution in [0.25, 0.3) is 10.6 Å². The minimum atomic E-state index is -0.114. The van der Waals surface area contributed by atoms with Crippen LogP contribution in [0.2, 0.25) is 0 Å². The molecule has 0 radical (unpaired) electrons. The van der Waals surface area contributed by atoms with E-state index >= 15 is 0 Å². The average Bonchev–Trinajstić information content (AvgIpc) is 2.96. The van der Waals surface area contributed by atoms with Crippen LogP contribution in [-0.4, -0.2) is 10.9 Å². The van der Waals surface area contributed by atoms with Crippen molar-refractivity contribution in [2.24, 2.45) is 0 Å². The Balaban J connectivity index is 1.73. The van der Waals surface area contributed by atoms with Crippen LogP contribution in [0.1, 0.15) is 21.7 Å². The van der Waals surface area contributed by atoms with Gasteiger partial charge in [0.15, 0.2) is 0 Å². The highest BCUT2D eigenvalue weighted by Gasteiger charge is 2.13. The molecule has 1 heterocycles. The first-order valence-electron chi connectivity index (χ1n) is 7.88. The topological polar surface area (TPSA) is 65.8 Å². The van der Waals surface area contributed by atoms with Gasteiger partial charge in [-0.1, -0.05) is 35.9 Å². The molecule has 25 heavy (non-hydrogen) atoms. The fraction of sp³-hybridized carbons (Fsp3) is 0.150. The summed E-state index contributed by atoms with van der Waals surface area (Å²) in [7, 11) is 0. The van der Waals surface area contributed by atoms with E-state index < -0.39 is 0 Å². The number of aromatic nitrogens is 1. The molecule has 0 aliphatic rings. The zero-order valence-electron chi connectivity index (χ0n) is 14.0. The number of hydrogen-bond donors (Lipinski definition) is 1. The van der Waals surface area contributed by atoms with Gasteiger partial charge in [0.25, 0.3) is 0 Å². The van der Waals surface area contributed by atoms with Crippen molar-refractivity contribution in [3.05, 3.63) is 70.2 Å². The van der Waals surface area contributed by atoms with E-state index in [0.717, 1.165) is 21.1 Å². The third kappa shape index (κ3) is 4.11. The van der Waals surface area contributed by atoms with E-state index in [1.807, 2.05) is 26.0 Å². The second-order valence-electron chi connectivity index (χ2n) is 5.81. The van der Waals surface area contributed by atoms with Crippen LogP contribution < -0.4 is 5.32 Å². The van der Waals surface area contributed by atoms with E-state index in [0.29, 0.717) is 11.3 Å². The number of amides is 1. The fourth-order valence-corrected chi connectivity index (χ4v) is 3.50. The lowest BCUT2D eigenvalue weighted by atomic mass is 10.2. The Bertz CT molecular complexity index is 952. The number of nitriles is 1. The zero-order valence-corrected chi connectivity index (χ0v) is 14.9. The first kappa shape index (κ1) is 16.9. The van der Waals surface area contributed by atoms with Gasteiger partial charge in [-0.2, -0.15) is 5.26 Å². The maximum absolute atomic E-state index is 12.3. The molecule has 5 heteroatoms. The van der Waals surface area contributed by atoms with Crippen molar-refractivity contribution >= 4 is 22.9 Å². The maximum Gasteiger partial charge on any atom is 0.229 e. The van der Waals surface area contributed by atoms with Gasteiger partial charge in [-0.15, -0.1) is 11.3 Å². The molecule has 0 fully saturated rings. The number of nitrogens with zero attached hydrogens (tertiary/aromatic N) is 2. The lowest BCUT2D eigenvalue weighted by Crippen LogP contribution is -2.14. The van der Waals surface area contributed by atoms with Crippen molar-refractivity contribution in [2.75, 3.05) is 5.32 Å². The second-order valence-corrected chi connectivity index (χ2v) is 6.89. The molecular formula is C20H17N3OS. The molecule has 0 saturated carbocycles. The Morgan fingerprint density at radius 2 is 1.96 bits per heavy atom. The predicted octanol–water partition coefficient (Wildman–Crippen LogP) is 4.48. The molecule has 1 N–H and O–H groups in total. The summed E-state index contributed by atoms with van der Waals surface area (Å²) in [4.78, 5) is 17.9. The summed E-state index contributed by atoms with van der Waals surface area (Å²) < 4.78 is 0. The summed E-state index contributed by atoms with van der Waals surface area (Å²) in [6.45, 7) is 3.97. The molecule has 3 rings (SSSR count). The van der Waals surface area contributed by atoms with Crippen LogP contribution >= 0.6 is 11.3 Å². The Labute approximate surface area is 150 Å². The largest absolute Gasteiger partial charge is 0.326 e. The number of benzene rings is 2. The molecule has 3 aromatic rings. The van der Waals surface area contributed by atoms with Gasteiger partial charge in [0, 0.05) is 16.1 Å². The van der Waals surface area contributed by atoms with Crippen LogP contribution in [-0.2, 0) is 11.2 Å². The highest BCUT2D eigenvalue weighted by Crippen LogP contribution is 2.28. The van der Waals surface area contributed by atoms with Crippen LogP contribution in [0.4, 0.5) is 5.69 Å². The van der Waals surface area contributed by atoms with E-state index in [9.17, 15) is 4.79 Å².